The van der Waals surface area contributed by atoms with Gasteiger partial charge in [0.15, 0.2) is 11.5 Å². The maximum absolute atomic E-state index is 13.7. The Morgan fingerprint density at radius 1 is 1.09 bits per heavy atom. The number of benzene rings is 2. The minimum absolute atomic E-state index is 0.000100. The quantitative estimate of drug-likeness (QED) is 0.313. The van der Waals surface area contributed by atoms with Crippen molar-refractivity contribution in [1.82, 2.24) is 0 Å². The topological polar surface area (TPSA) is 140 Å². The third-order valence-corrected chi connectivity index (χ3v) is 5.16. The Kier molecular flexibility index (Phi) is 11.1. The normalized spacial score (nSPS) is 13.3. The van der Waals surface area contributed by atoms with Crippen molar-refractivity contribution in [3.8, 4) is 22.6 Å². The van der Waals surface area contributed by atoms with Gasteiger partial charge in [0.05, 0.1) is 25.4 Å². The van der Waals surface area contributed by atoms with E-state index >= 15 is 0 Å². The highest BCUT2D eigenvalue weighted by Crippen LogP contribution is 2.45. The van der Waals surface area contributed by atoms with Crippen LogP contribution in [0.4, 0.5) is 4.39 Å². The Morgan fingerprint density at radius 2 is 1.71 bits per heavy atom. The summed E-state index contributed by atoms with van der Waals surface area (Å²) in [7, 11) is 0. The minimum Gasteiger partial charge on any atom is -0.550 e. The Hall–Kier alpha value is -2.98. The van der Waals surface area contributed by atoms with E-state index < -0.39 is 30.4 Å². The first-order valence-corrected chi connectivity index (χ1v) is 11.4. The van der Waals surface area contributed by atoms with Gasteiger partial charge in [0.25, 0.3) is 0 Å². The first kappa shape index (κ1) is 28.3. The molecule has 2 aromatic carbocycles. The van der Waals surface area contributed by atoms with E-state index in [1.165, 1.54) is 18.2 Å². The molecule has 0 bridgehead atoms. The molecule has 2 aromatic rings. The second-order valence-electron chi connectivity index (χ2n) is 8.28. The molecule has 0 heterocycles. The molecule has 0 aromatic heterocycles. The van der Waals surface area contributed by atoms with Crippen molar-refractivity contribution in [2.75, 3.05) is 26.4 Å². The molecule has 9 heteroatoms. The Bertz CT molecular complexity index is 988. The van der Waals surface area contributed by atoms with Crippen molar-refractivity contribution >= 4 is 12.0 Å². The predicted octanol–water partition coefficient (Wildman–Crippen LogP) is 1.62. The summed E-state index contributed by atoms with van der Waals surface area (Å²) in [5, 5.41) is 49.5. The Balaban J connectivity index is 2.68. The van der Waals surface area contributed by atoms with Crippen molar-refractivity contribution < 1.29 is 44.2 Å². The van der Waals surface area contributed by atoms with Gasteiger partial charge in [-0.25, -0.2) is 4.39 Å². The molecule has 0 amide bonds. The number of aliphatic hydroxyl groups is 4. The second kappa shape index (κ2) is 13.8. The fourth-order valence-corrected chi connectivity index (χ4v) is 3.63. The number of aliphatic carboxylic acids is 1. The number of hydrogen-bond acceptors (Lipinski definition) is 8. The van der Waals surface area contributed by atoms with Crippen LogP contribution >= 0.6 is 0 Å². The molecule has 0 saturated carbocycles. The lowest BCUT2D eigenvalue weighted by atomic mass is 9.88. The summed E-state index contributed by atoms with van der Waals surface area (Å²) in [6.07, 6.45) is -0.183. The summed E-state index contributed by atoms with van der Waals surface area (Å²) in [4.78, 5) is 10.7. The lowest BCUT2D eigenvalue weighted by Gasteiger charge is -2.23. The molecule has 4 N–H and O–H groups in total. The molecular formula is C26H32FO8-. The minimum atomic E-state index is -1.42. The summed E-state index contributed by atoms with van der Waals surface area (Å²) in [5.74, 6) is -1.28. The first-order valence-electron chi connectivity index (χ1n) is 11.4. The molecule has 35 heavy (non-hydrogen) atoms. The molecule has 0 spiro atoms. The Morgan fingerprint density at radius 3 is 2.29 bits per heavy atom. The van der Waals surface area contributed by atoms with E-state index in [4.69, 9.17) is 9.47 Å². The third-order valence-electron chi connectivity index (χ3n) is 5.16. The van der Waals surface area contributed by atoms with Gasteiger partial charge in [-0.3, -0.25) is 0 Å². The molecule has 0 radical (unpaired) electrons. The van der Waals surface area contributed by atoms with Crippen LogP contribution in [0.15, 0.2) is 36.4 Å². The van der Waals surface area contributed by atoms with Crippen LogP contribution in [0.25, 0.3) is 17.2 Å². The Labute approximate surface area is 203 Å². The predicted molar refractivity (Wildman–Crippen MR) is 126 cm³/mol. The van der Waals surface area contributed by atoms with Crippen molar-refractivity contribution in [1.29, 1.82) is 0 Å². The van der Waals surface area contributed by atoms with Crippen LogP contribution in [0.2, 0.25) is 0 Å². The van der Waals surface area contributed by atoms with Crippen LogP contribution in [-0.2, 0) is 4.79 Å². The van der Waals surface area contributed by atoms with Gasteiger partial charge in [0, 0.05) is 24.4 Å². The fraction of sp³-hybridized carbons (Fsp3) is 0.423. The van der Waals surface area contributed by atoms with E-state index in [9.17, 15) is 34.7 Å². The van der Waals surface area contributed by atoms with Crippen LogP contribution in [0.5, 0.6) is 11.5 Å². The summed E-state index contributed by atoms with van der Waals surface area (Å²) in [6, 6.07) is 7.46. The maximum atomic E-state index is 13.7. The largest absolute Gasteiger partial charge is 0.550 e. The molecule has 2 unspecified atom stereocenters. The average molecular weight is 492 g/mol. The zero-order valence-electron chi connectivity index (χ0n) is 19.8. The van der Waals surface area contributed by atoms with Crippen molar-refractivity contribution in [3.63, 3.8) is 0 Å². The average Bonchev–Trinajstić information content (AvgIpc) is 2.79. The van der Waals surface area contributed by atoms with Gasteiger partial charge in [-0.15, -0.1) is 0 Å². The van der Waals surface area contributed by atoms with E-state index in [1.807, 2.05) is 13.8 Å². The standard InChI is InChI=1S/C26H33FO8/c1-16(2)22-15-23(34-11-9-28)26(35-12-10-29)25(17-3-5-18(27)6-4-17)21(22)8-7-19(30)13-20(31)14-24(32)33/h3-8,15-16,19-20,28-31H,9-14H2,1-2H3,(H,32,33)/p-1/b8-7+. The summed E-state index contributed by atoms with van der Waals surface area (Å²) < 4.78 is 25.3. The van der Waals surface area contributed by atoms with Crippen molar-refractivity contribution in [2.24, 2.45) is 0 Å². The number of rotatable bonds is 14. The highest BCUT2D eigenvalue weighted by atomic mass is 19.1. The molecule has 2 rings (SSSR count). The smallest absolute Gasteiger partial charge is 0.169 e. The summed E-state index contributed by atoms with van der Waals surface area (Å²) >= 11 is 0. The molecule has 2 atom stereocenters. The highest BCUT2D eigenvalue weighted by molar-refractivity contribution is 5.85. The molecule has 0 saturated heterocycles. The number of carbonyl (C=O) groups excluding carboxylic acids is 1. The molecule has 192 valence electrons. The van der Waals surface area contributed by atoms with E-state index in [1.54, 1.807) is 24.3 Å². The van der Waals surface area contributed by atoms with Crippen LogP contribution < -0.4 is 14.6 Å². The third kappa shape index (κ3) is 8.32. The zero-order valence-corrected chi connectivity index (χ0v) is 19.8. The molecule has 0 aliphatic carbocycles. The van der Waals surface area contributed by atoms with Crippen LogP contribution in [-0.4, -0.2) is 65.0 Å². The number of ether oxygens (including phenoxy) is 2. The second-order valence-corrected chi connectivity index (χ2v) is 8.28. The number of carbonyl (C=O) groups is 1. The molecule has 0 aliphatic heterocycles. The number of aliphatic hydroxyl groups excluding tert-OH is 4. The monoisotopic (exact) mass is 491 g/mol. The first-order chi connectivity index (χ1) is 16.7. The number of halogens is 1. The van der Waals surface area contributed by atoms with E-state index in [0.29, 0.717) is 22.4 Å². The zero-order chi connectivity index (χ0) is 26.0. The van der Waals surface area contributed by atoms with Crippen molar-refractivity contribution in [2.45, 2.75) is 44.8 Å². The van der Waals surface area contributed by atoms with Gasteiger partial charge < -0.3 is 39.8 Å². The molecule has 8 nitrogen and oxygen atoms in total. The number of hydrogen-bond donors (Lipinski definition) is 4. The lowest BCUT2D eigenvalue weighted by Crippen LogP contribution is -2.29. The van der Waals surface area contributed by atoms with Gasteiger partial charge in [-0.1, -0.05) is 38.1 Å². The molecule has 0 fully saturated rings. The van der Waals surface area contributed by atoms with Crippen LogP contribution in [0, 0.1) is 5.82 Å². The lowest BCUT2D eigenvalue weighted by molar-refractivity contribution is -0.307. The van der Waals surface area contributed by atoms with Gasteiger partial charge >= 0.3 is 0 Å². The van der Waals surface area contributed by atoms with Gasteiger partial charge in [0.1, 0.15) is 19.0 Å². The maximum Gasteiger partial charge on any atom is 0.169 e. The van der Waals surface area contributed by atoms with Gasteiger partial charge in [-0.05, 0) is 40.8 Å². The molecule has 0 aliphatic rings. The molecular weight excluding hydrogens is 459 g/mol. The van der Waals surface area contributed by atoms with Crippen molar-refractivity contribution in [3.05, 3.63) is 53.4 Å². The van der Waals surface area contributed by atoms with Gasteiger partial charge in [0.2, 0.25) is 0 Å². The number of carboxylic acids is 1. The van der Waals surface area contributed by atoms with E-state index in [0.717, 1.165) is 5.56 Å². The fourth-order valence-electron chi connectivity index (χ4n) is 3.63. The van der Waals surface area contributed by atoms with Crippen LogP contribution in [0.3, 0.4) is 0 Å². The van der Waals surface area contributed by atoms with E-state index in [2.05, 4.69) is 0 Å². The SMILES string of the molecule is CC(C)c1cc(OCCO)c(OCCO)c(-c2ccc(F)cc2)c1/C=C/C(O)CC(O)CC(=O)[O-]. The summed E-state index contributed by atoms with van der Waals surface area (Å²) in [5.41, 5.74) is 2.54. The highest BCUT2D eigenvalue weighted by Gasteiger charge is 2.23. The summed E-state index contributed by atoms with van der Waals surface area (Å²) in [6.45, 7) is 3.35. The van der Waals surface area contributed by atoms with Crippen LogP contribution in [0.1, 0.15) is 43.7 Å². The number of carboxylic acid groups (broad SMARTS) is 1. The van der Waals surface area contributed by atoms with E-state index in [-0.39, 0.29) is 44.5 Å². The van der Waals surface area contributed by atoms with Gasteiger partial charge in [-0.2, -0.15) is 0 Å².